The van der Waals surface area contributed by atoms with Crippen molar-refractivity contribution >= 4 is 44.4 Å². The number of thiophene rings is 1. The van der Waals surface area contributed by atoms with E-state index >= 15 is 0 Å². The Balaban J connectivity index is 1.50. The van der Waals surface area contributed by atoms with Crippen LogP contribution in [0.5, 0.6) is 5.75 Å². The number of nitrogens with one attached hydrogen (secondary N) is 1. The standard InChI is InChI=1S/C21H21ClN4O4S2/c1-12-18(20-23-8-15(9-24-20)30-16-10-26(2)11-16)7-19(31-12)21(27)25-14-4-13(22)5-17(6-14)32(3,28)29/h4-9,16H,10-11H2,1-3H3,(H,25,27). The Hall–Kier alpha value is -2.53. The van der Waals surface area contributed by atoms with Crippen molar-refractivity contribution in [3.63, 3.8) is 0 Å². The average molecular weight is 493 g/mol. The van der Waals surface area contributed by atoms with Gasteiger partial charge >= 0.3 is 0 Å². The Kier molecular flexibility index (Phi) is 6.22. The molecule has 8 nitrogen and oxygen atoms in total. The number of halogens is 1. The molecule has 0 atom stereocenters. The number of hydrogen-bond acceptors (Lipinski definition) is 8. The number of rotatable bonds is 6. The van der Waals surface area contributed by atoms with Gasteiger partial charge in [0.25, 0.3) is 5.91 Å². The summed E-state index contributed by atoms with van der Waals surface area (Å²) in [7, 11) is -1.43. The highest BCUT2D eigenvalue weighted by Gasteiger charge is 2.25. The number of aromatic nitrogens is 2. The summed E-state index contributed by atoms with van der Waals surface area (Å²) in [6.45, 7) is 3.64. The number of anilines is 1. The van der Waals surface area contributed by atoms with Crippen molar-refractivity contribution in [3.05, 3.63) is 51.4 Å². The first-order chi connectivity index (χ1) is 15.1. The molecule has 1 saturated heterocycles. The quantitative estimate of drug-likeness (QED) is 0.561. The average Bonchev–Trinajstić information content (AvgIpc) is 3.08. The predicted molar refractivity (Wildman–Crippen MR) is 125 cm³/mol. The SMILES string of the molecule is Cc1sc(C(=O)Nc2cc(Cl)cc(S(C)(=O)=O)c2)cc1-c1ncc(OC2CN(C)C2)cn1. The van der Waals surface area contributed by atoms with Gasteiger partial charge in [0, 0.05) is 40.5 Å². The number of likely N-dealkylation sites (tertiary alicyclic amines) is 1. The summed E-state index contributed by atoms with van der Waals surface area (Å²) < 4.78 is 29.5. The molecule has 1 aromatic carbocycles. The molecule has 0 unspecified atom stereocenters. The first-order valence-corrected chi connectivity index (χ1v) is 12.8. The van der Waals surface area contributed by atoms with Crippen LogP contribution in [0.1, 0.15) is 14.5 Å². The third-order valence-corrected chi connectivity index (χ3v) is 7.26. The minimum Gasteiger partial charge on any atom is -0.485 e. The Morgan fingerprint density at radius 2 is 1.91 bits per heavy atom. The maximum absolute atomic E-state index is 12.8. The molecule has 0 bridgehead atoms. The molecule has 3 aromatic rings. The second-order valence-electron chi connectivity index (χ2n) is 7.69. The van der Waals surface area contributed by atoms with Crippen molar-refractivity contribution < 1.29 is 17.9 Å². The highest BCUT2D eigenvalue weighted by atomic mass is 35.5. The number of benzene rings is 1. The summed E-state index contributed by atoms with van der Waals surface area (Å²) in [6, 6.07) is 5.93. The number of nitrogens with zero attached hydrogens (tertiary/aromatic N) is 3. The van der Waals surface area contributed by atoms with Crippen LogP contribution in [-0.2, 0) is 9.84 Å². The van der Waals surface area contributed by atoms with Crippen molar-refractivity contribution in [3.8, 4) is 17.1 Å². The van der Waals surface area contributed by atoms with Gasteiger partial charge in [0.2, 0.25) is 0 Å². The minimum atomic E-state index is -3.46. The van der Waals surface area contributed by atoms with Crippen molar-refractivity contribution in [1.82, 2.24) is 14.9 Å². The topological polar surface area (TPSA) is 101 Å². The predicted octanol–water partition coefficient (Wildman–Crippen LogP) is 3.52. The Morgan fingerprint density at radius 1 is 1.22 bits per heavy atom. The second-order valence-corrected chi connectivity index (χ2v) is 11.4. The highest BCUT2D eigenvalue weighted by molar-refractivity contribution is 7.90. The van der Waals surface area contributed by atoms with E-state index in [1.165, 1.54) is 29.5 Å². The molecule has 1 N–H and O–H groups in total. The van der Waals surface area contributed by atoms with Gasteiger partial charge in [-0.25, -0.2) is 18.4 Å². The van der Waals surface area contributed by atoms with Crippen LogP contribution in [-0.4, -0.2) is 61.7 Å². The number of likely N-dealkylation sites (N-methyl/N-ethyl adjacent to an activating group) is 1. The van der Waals surface area contributed by atoms with Gasteiger partial charge in [-0.3, -0.25) is 9.69 Å². The number of carbonyl (C=O) groups excluding carboxylic acids is 1. The summed E-state index contributed by atoms with van der Waals surface area (Å²) in [4.78, 5) is 25.1. The zero-order valence-electron chi connectivity index (χ0n) is 17.6. The van der Waals surface area contributed by atoms with Crippen LogP contribution < -0.4 is 10.1 Å². The van der Waals surface area contributed by atoms with Crippen molar-refractivity contribution in [2.75, 3.05) is 31.7 Å². The van der Waals surface area contributed by atoms with E-state index < -0.39 is 9.84 Å². The number of sulfone groups is 1. The van der Waals surface area contributed by atoms with Crippen LogP contribution in [0.3, 0.4) is 0 Å². The monoisotopic (exact) mass is 492 g/mol. The maximum Gasteiger partial charge on any atom is 0.265 e. The van der Waals surface area contributed by atoms with Crippen LogP contribution in [0, 0.1) is 6.92 Å². The zero-order valence-corrected chi connectivity index (χ0v) is 20.0. The van der Waals surface area contributed by atoms with Crippen LogP contribution in [0.2, 0.25) is 5.02 Å². The van der Waals surface area contributed by atoms with E-state index in [1.54, 1.807) is 18.5 Å². The zero-order chi connectivity index (χ0) is 23.0. The van der Waals surface area contributed by atoms with Crippen LogP contribution in [0.15, 0.2) is 41.6 Å². The fraction of sp³-hybridized carbons (Fsp3) is 0.286. The molecule has 2 aromatic heterocycles. The lowest BCUT2D eigenvalue weighted by atomic mass is 10.2. The molecule has 4 rings (SSSR count). The van der Waals surface area contributed by atoms with E-state index in [-0.39, 0.29) is 21.9 Å². The van der Waals surface area contributed by atoms with Gasteiger partial charge in [0.05, 0.1) is 22.2 Å². The summed E-state index contributed by atoms with van der Waals surface area (Å²) >= 11 is 7.32. The molecule has 1 aliphatic heterocycles. The number of carbonyl (C=O) groups is 1. The number of amides is 1. The second kappa shape index (κ2) is 8.78. The van der Waals surface area contributed by atoms with E-state index in [0.717, 1.165) is 29.8 Å². The summed E-state index contributed by atoms with van der Waals surface area (Å²) in [5, 5.41) is 2.93. The molecule has 0 aliphatic carbocycles. The fourth-order valence-corrected chi connectivity index (χ4v) is 5.17. The molecule has 1 fully saturated rings. The van der Waals surface area contributed by atoms with Gasteiger partial charge in [0.1, 0.15) is 6.10 Å². The van der Waals surface area contributed by atoms with E-state index in [4.69, 9.17) is 16.3 Å². The highest BCUT2D eigenvalue weighted by Crippen LogP contribution is 2.30. The molecule has 0 spiro atoms. The number of ether oxygens (including phenoxy) is 1. The van der Waals surface area contributed by atoms with Crippen molar-refractivity contribution in [2.45, 2.75) is 17.9 Å². The Morgan fingerprint density at radius 3 is 2.53 bits per heavy atom. The molecule has 3 heterocycles. The molecular weight excluding hydrogens is 472 g/mol. The molecule has 0 radical (unpaired) electrons. The molecule has 11 heteroatoms. The lowest BCUT2D eigenvalue weighted by molar-refractivity contribution is 0.0383. The third kappa shape index (κ3) is 5.09. The lowest BCUT2D eigenvalue weighted by Crippen LogP contribution is -2.51. The Labute approximate surface area is 195 Å². The van der Waals surface area contributed by atoms with Crippen molar-refractivity contribution in [2.24, 2.45) is 0 Å². The number of hydrogen-bond donors (Lipinski definition) is 1. The number of aryl methyl sites for hydroxylation is 1. The van der Waals surface area contributed by atoms with Gasteiger partial charge in [-0.1, -0.05) is 11.6 Å². The summed E-state index contributed by atoms with van der Waals surface area (Å²) in [5.74, 6) is 0.735. The first kappa shape index (κ1) is 22.7. The molecule has 168 valence electrons. The van der Waals surface area contributed by atoms with Gasteiger partial charge in [0.15, 0.2) is 21.4 Å². The molecule has 32 heavy (non-hydrogen) atoms. The largest absolute Gasteiger partial charge is 0.485 e. The summed E-state index contributed by atoms with van der Waals surface area (Å²) in [6.07, 6.45) is 4.51. The lowest BCUT2D eigenvalue weighted by Gasteiger charge is -2.35. The van der Waals surface area contributed by atoms with Gasteiger partial charge < -0.3 is 10.1 Å². The van der Waals surface area contributed by atoms with Crippen molar-refractivity contribution in [1.29, 1.82) is 0 Å². The first-order valence-electron chi connectivity index (χ1n) is 9.68. The molecule has 0 saturated carbocycles. The fourth-order valence-electron chi connectivity index (χ4n) is 3.28. The maximum atomic E-state index is 12.8. The summed E-state index contributed by atoms with van der Waals surface area (Å²) in [5.41, 5.74) is 1.05. The van der Waals surface area contributed by atoms with E-state index in [0.29, 0.717) is 22.1 Å². The van der Waals surface area contributed by atoms with E-state index in [1.807, 2.05) is 14.0 Å². The van der Waals surface area contributed by atoms with Crippen LogP contribution >= 0.6 is 22.9 Å². The normalized spacial score (nSPS) is 14.8. The van der Waals surface area contributed by atoms with Gasteiger partial charge in [-0.05, 0) is 38.2 Å². The molecule has 1 amide bonds. The van der Waals surface area contributed by atoms with E-state index in [9.17, 15) is 13.2 Å². The third-order valence-electron chi connectivity index (χ3n) is 4.90. The van der Waals surface area contributed by atoms with Gasteiger partial charge in [-0.15, -0.1) is 11.3 Å². The smallest absolute Gasteiger partial charge is 0.265 e. The van der Waals surface area contributed by atoms with E-state index in [2.05, 4.69) is 20.2 Å². The molecular formula is C21H21ClN4O4S2. The minimum absolute atomic E-state index is 0.0348. The van der Waals surface area contributed by atoms with Gasteiger partial charge in [-0.2, -0.15) is 0 Å². The van der Waals surface area contributed by atoms with Crippen LogP contribution in [0.25, 0.3) is 11.4 Å². The van der Waals surface area contributed by atoms with Crippen LogP contribution in [0.4, 0.5) is 5.69 Å². The molecule has 1 aliphatic rings. The Bertz CT molecular complexity index is 1270.